The predicted molar refractivity (Wildman–Crippen MR) is 101 cm³/mol. The van der Waals surface area contributed by atoms with E-state index in [0.717, 1.165) is 10.9 Å². The zero-order valence-electron chi connectivity index (χ0n) is 14.5. The van der Waals surface area contributed by atoms with E-state index in [2.05, 4.69) is 10.3 Å². The van der Waals surface area contributed by atoms with E-state index in [9.17, 15) is 14.4 Å². The van der Waals surface area contributed by atoms with Crippen LogP contribution in [0, 0.1) is 0 Å². The monoisotopic (exact) mass is 359 g/mol. The second kappa shape index (κ2) is 6.99. The normalized spacial score (nSPS) is 13.1. The average molecular weight is 359 g/mol. The average Bonchev–Trinajstić information content (AvgIpc) is 2.93. The number of pyridine rings is 1. The van der Waals surface area contributed by atoms with Crippen LogP contribution < -0.4 is 5.32 Å². The molecule has 2 aromatic carbocycles. The molecule has 0 unspecified atom stereocenters. The number of fused-ring (bicyclic) bond motifs is 2. The molecular formula is C21H17N3O3. The Morgan fingerprint density at radius 3 is 2.37 bits per heavy atom. The highest BCUT2D eigenvalue weighted by molar-refractivity contribution is 6.21. The van der Waals surface area contributed by atoms with E-state index in [1.54, 1.807) is 30.5 Å². The van der Waals surface area contributed by atoms with E-state index in [0.29, 0.717) is 23.2 Å². The molecule has 0 radical (unpaired) electrons. The van der Waals surface area contributed by atoms with E-state index in [1.165, 1.54) is 4.90 Å². The fourth-order valence-corrected chi connectivity index (χ4v) is 3.20. The van der Waals surface area contributed by atoms with Gasteiger partial charge in [-0.25, -0.2) is 0 Å². The Balaban J connectivity index is 1.33. The SMILES string of the molecule is O=C(CCCN1C(=O)c2ccccc2C1=O)Nc1cnc2ccccc2c1. The molecule has 3 aromatic rings. The van der Waals surface area contributed by atoms with Crippen molar-refractivity contribution in [3.8, 4) is 0 Å². The van der Waals surface area contributed by atoms with Crippen LogP contribution in [0.25, 0.3) is 10.9 Å². The van der Waals surface area contributed by atoms with Gasteiger partial charge in [-0.05, 0) is 30.7 Å². The molecule has 2 heterocycles. The lowest BCUT2D eigenvalue weighted by Gasteiger charge is -2.13. The lowest BCUT2D eigenvalue weighted by atomic mass is 10.1. The minimum Gasteiger partial charge on any atom is -0.325 e. The van der Waals surface area contributed by atoms with Crippen LogP contribution in [0.3, 0.4) is 0 Å². The molecule has 1 N–H and O–H groups in total. The number of carbonyl (C=O) groups excluding carboxylic acids is 3. The third-order valence-corrected chi connectivity index (χ3v) is 4.54. The lowest BCUT2D eigenvalue weighted by Crippen LogP contribution is -2.31. The number of carbonyl (C=O) groups is 3. The number of nitrogens with one attached hydrogen (secondary N) is 1. The number of rotatable bonds is 5. The van der Waals surface area contributed by atoms with Crippen molar-refractivity contribution in [1.82, 2.24) is 9.88 Å². The van der Waals surface area contributed by atoms with Crippen LogP contribution >= 0.6 is 0 Å². The van der Waals surface area contributed by atoms with Crippen LogP contribution in [0.4, 0.5) is 5.69 Å². The molecule has 0 saturated carbocycles. The summed E-state index contributed by atoms with van der Waals surface area (Å²) in [6.45, 7) is 0.218. The molecule has 0 atom stereocenters. The maximum atomic E-state index is 12.3. The lowest BCUT2D eigenvalue weighted by molar-refractivity contribution is -0.116. The highest BCUT2D eigenvalue weighted by Crippen LogP contribution is 2.22. The number of anilines is 1. The van der Waals surface area contributed by atoms with E-state index >= 15 is 0 Å². The first-order valence-electron chi connectivity index (χ1n) is 8.73. The van der Waals surface area contributed by atoms with Gasteiger partial charge in [0.1, 0.15) is 0 Å². The van der Waals surface area contributed by atoms with Crippen molar-refractivity contribution in [1.29, 1.82) is 0 Å². The van der Waals surface area contributed by atoms with Gasteiger partial charge in [-0.3, -0.25) is 24.3 Å². The summed E-state index contributed by atoms with van der Waals surface area (Å²) in [5, 5.41) is 3.75. The topological polar surface area (TPSA) is 79.4 Å². The van der Waals surface area contributed by atoms with Crippen molar-refractivity contribution in [2.45, 2.75) is 12.8 Å². The Morgan fingerprint density at radius 2 is 1.63 bits per heavy atom. The zero-order valence-corrected chi connectivity index (χ0v) is 14.5. The first-order valence-corrected chi connectivity index (χ1v) is 8.73. The number of benzene rings is 2. The fraction of sp³-hybridized carbons (Fsp3) is 0.143. The molecule has 0 saturated heterocycles. The molecule has 3 amide bonds. The molecule has 6 heteroatoms. The summed E-state index contributed by atoms with van der Waals surface area (Å²) in [4.78, 5) is 42.3. The van der Waals surface area contributed by atoms with Crippen LogP contribution in [0.5, 0.6) is 0 Å². The minimum atomic E-state index is -0.297. The standard InChI is InChI=1S/C21H17N3O3/c25-19(23-15-12-14-6-1-4-9-18(14)22-13-15)10-5-11-24-20(26)16-7-2-3-8-17(16)21(24)27/h1-4,6-9,12-13H,5,10-11H2,(H,23,25). The predicted octanol–water partition coefficient (Wildman–Crippen LogP) is 3.25. The number of nitrogens with zero attached hydrogens (tertiary/aromatic N) is 2. The molecule has 6 nitrogen and oxygen atoms in total. The Hall–Kier alpha value is -3.54. The highest BCUT2D eigenvalue weighted by atomic mass is 16.2. The number of hydrogen-bond acceptors (Lipinski definition) is 4. The van der Waals surface area contributed by atoms with Crippen molar-refractivity contribution in [3.63, 3.8) is 0 Å². The number of amides is 3. The second-order valence-corrected chi connectivity index (χ2v) is 6.38. The smallest absolute Gasteiger partial charge is 0.261 e. The molecule has 0 bridgehead atoms. The molecule has 0 spiro atoms. The van der Waals surface area contributed by atoms with E-state index < -0.39 is 0 Å². The van der Waals surface area contributed by atoms with Crippen molar-refractivity contribution in [3.05, 3.63) is 71.9 Å². The summed E-state index contributed by atoms with van der Waals surface area (Å²) in [6.07, 6.45) is 2.23. The Bertz CT molecular complexity index is 1030. The van der Waals surface area contributed by atoms with E-state index in [1.807, 2.05) is 30.3 Å². The Labute approximate surface area is 155 Å². The largest absolute Gasteiger partial charge is 0.325 e. The van der Waals surface area contributed by atoms with Gasteiger partial charge in [0.05, 0.1) is 28.5 Å². The summed E-state index contributed by atoms with van der Waals surface area (Å²) in [5.41, 5.74) is 2.34. The summed E-state index contributed by atoms with van der Waals surface area (Å²) in [6, 6.07) is 16.3. The van der Waals surface area contributed by atoms with Crippen molar-refractivity contribution in [2.24, 2.45) is 0 Å². The molecule has 1 aliphatic rings. The molecule has 0 aliphatic carbocycles. The van der Waals surface area contributed by atoms with Gasteiger partial charge in [-0.2, -0.15) is 0 Å². The molecule has 4 rings (SSSR count). The van der Waals surface area contributed by atoms with Crippen molar-refractivity contribution < 1.29 is 14.4 Å². The van der Waals surface area contributed by atoms with Gasteiger partial charge < -0.3 is 5.32 Å². The van der Waals surface area contributed by atoms with Crippen LogP contribution in [-0.2, 0) is 4.79 Å². The van der Waals surface area contributed by atoms with Gasteiger partial charge in [0.15, 0.2) is 0 Å². The van der Waals surface area contributed by atoms with Crippen molar-refractivity contribution in [2.75, 3.05) is 11.9 Å². The van der Waals surface area contributed by atoms with Gasteiger partial charge in [-0.1, -0.05) is 30.3 Å². The minimum absolute atomic E-state index is 0.177. The van der Waals surface area contributed by atoms with Crippen LogP contribution in [0.15, 0.2) is 60.8 Å². The van der Waals surface area contributed by atoms with E-state index in [-0.39, 0.29) is 30.7 Å². The van der Waals surface area contributed by atoms with Gasteiger partial charge >= 0.3 is 0 Å². The molecule has 1 aliphatic heterocycles. The fourth-order valence-electron chi connectivity index (χ4n) is 3.20. The third kappa shape index (κ3) is 3.29. The Morgan fingerprint density at radius 1 is 0.963 bits per heavy atom. The van der Waals surface area contributed by atoms with Crippen LogP contribution in [0.2, 0.25) is 0 Å². The molecule has 0 fully saturated rings. The first kappa shape index (κ1) is 16.9. The number of imide groups is 1. The molecule has 1 aromatic heterocycles. The molecular weight excluding hydrogens is 342 g/mol. The Kier molecular flexibility index (Phi) is 4.38. The summed E-state index contributed by atoms with van der Waals surface area (Å²) >= 11 is 0. The summed E-state index contributed by atoms with van der Waals surface area (Å²) < 4.78 is 0. The zero-order chi connectivity index (χ0) is 18.8. The van der Waals surface area contributed by atoms with Gasteiger partial charge in [0, 0.05) is 18.4 Å². The number of aromatic nitrogens is 1. The third-order valence-electron chi connectivity index (χ3n) is 4.54. The molecule has 134 valence electrons. The van der Waals surface area contributed by atoms with Crippen LogP contribution in [-0.4, -0.2) is 34.2 Å². The van der Waals surface area contributed by atoms with Crippen LogP contribution in [0.1, 0.15) is 33.6 Å². The maximum Gasteiger partial charge on any atom is 0.261 e. The number of para-hydroxylation sites is 1. The van der Waals surface area contributed by atoms with Gasteiger partial charge in [0.2, 0.25) is 5.91 Å². The maximum absolute atomic E-state index is 12.3. The first-order chi connectivity index (χ1) is 13.1. The van der Waals surface area contributed by atoms with Gasteiger partial charge in [0.25, 0.3) is 11.8 Å². The second-order valence-electron chi connectivity index (χ2n) is 6.38. The molecule has 27 heavy (non-hydrogen) atoms. The summed E-state index contributed by atoms with van der Waals surface area (Å²) in [7, 11) is 0. The van der Waals surface area contributed by atoms with Crippen molar-refractivity contribution >= 4 is 34.3 Å². The summed E-state index contributed by atoms with van der Waals surface area (Å²) in [5.74, 6) is -0.770. The highest BCUT2D eigenvalue weighted by Gasteiger charge is 2.34. The number of hydrogen-bond donors (Lipinski definition) is 1. The quantitative estimate of drug-likeness (QED) is 0.709. The van der Waals surface area contributed by atoms with Gasteiger partial charge in [-0.15, -0.1) is 0 Å². The van der Waals surface area contributed by atoms with E-state index in [4.69, 9.17) is 0 Å².